The zero-order valence-electron chi connectivity index (χ0n) is 13.6. The molecular formula is C17H22Cl2NO3+. The highest BCUT2D eigenvalue weighted by atomic mass is 35.5. The minimum Gasteiger partial charge on any atom is -0.435 e. The summed E-state index contributed by atoms with van der Waals surface area (Å²) in [6, 6.07) is 5.35. The van der Waals surface area contributed by atoms with E-state index >= 15 is 0 Å². The number of quaternary nitrogens is 1. The fourth-order valence-electron chi connectivity index (χ4n) is 3.18. The van der Waals surface area contributed by atoms with E-state index in [1.54, 1.807) is 12.1 Å². The Morgan fingerprint density at radius 3 is 2.39 bits per heavy atom. The van der Waals surface area contributed by atoms with Crippen molar-refractivity contribution in [2.75, 3.05) is 19.7 Å². The second-order valence-electron chi connectivity index (χ2n) is 6.92. The third-order valence-corrected chi connectivity index (χ3v) is 5.48. The van der Waals surface area contributed by atoms with Crippen molar-refractivity contribution < 1.29 is 19.5 Å². The van der Waals surface area contributed by atoms with Crippen molar-refractivity contribution in [2.45, 2.75) is 32.7 Å². The fourth-order valence-corrected chi connectivity index (χ4v) is 3.48. The van der Waals surface area contributed by atoms with E-state index in [1.165, 1.54) is 0 Å². The molecule has 0 aliphatic carbocycles. The molecule has 1 aliphatic rings. The van der Waals surface area contributed by atoms with Crippen LogP contribution in [0.2, 0.25) is 10.0 Å². The molecule has 0 radical (unpaired) electrons. The van der Waals surface area contributed by atoms with Gasteiger partial charge in [0.1, 0.15) is 12.1 Å². The molecule has 1 unspecified atom stereocenters. The van der Waals surface area contributed by atoms with Crippen LogP contribution in [0.15, 0.2) is 23.8 Å². The molecular weight excluding hydrogens is 337 g/mol. The summed E-state index contributed by atoms with van der Waals surface area (Å²) >= 11 is 12.0. The van der Waals surface area contributed by atoms with Crippen LogP contribution >= 0.6 is 23.2 Å². The Labute approximate surface area is 146 Å². The molecule has 2 N–H and O–H groups in total. The molecule has 1 heterocycles. The van der Waals surface area contributed by atoms with E-state index in [1.807, 2.05) is 26.8 Å². The van der Waals surface area contributed by atoms with E-state index < -0.39 is 11.6 Å². The van der Waals surface area contributed by atoms with E-state index in [0.717, 1.165) is 16.7 Å². The Morgan fingerprint density at radius 2 is 1.91 bits per heavy atom. The maximum Gasteiger partial charge on any atom is 0.514 e. The number of carbonyl (C=O) groups is 1. The molecule has 2 rings (SSSR count). The molecule has 6 heteroatoms. The van der Waals surface area contributed by atoms with Gasteiger partial charge in [-0.1, -0.05) is 29.3 Å². The lowest BCUT2D eigenvalue weighted by Gasteiger charge is -2.46. The number of nitrogens with zero attached hydrogens (tertiary/aromatic N) is 1. The molecule has 0 bridgehead atoms. The van der Waals surface area contributed by atoms with E-state index in [0.29, 0.717) is 23.0 Å². The van der Waals surface area contributed by atoms with Crippen molar-refractivity contribution >= 4 is 34.9 Å². The van der Waals surface area contributed by atoms with Gasteiger partial charge in [0.2, 0.25) is 0 Å². The standard InChI is InChI=1S/C17H21Cl2NO3/c1-17(2,3)20(16(22)23)7-6-13(12(9-20)10-21)11-4-5-14(18)15(19)8-11/h4-5,8,21H,6-7,9-10H2,1-3H3/p+1. The van der Waals surface area contributed by atoms with Gasteiger partial charge in [0.15, 0.2) is 0 Å². The summed E-state index contributed by atoms with van der Waals surface area (Å²) in [5.74, 6) is 0. The number of rotatable bonds is 2. The molecule has 0 fully saturated rings. The molecule has 1 atom stereocenters. The Bertz CT molecular complexity index is 664. The van der Waals surface area contributed by atoms with E-state index in [4.69, 9.17) is 23.2 Å². The molecule has 1 aromatic rings. The number of halogens is 2. The lowest BCUT2D eigenvalue weighted by Crippen LogP contribution is -2.65. The summed E-state index contributed by atoms with van der Waals surface area (Å²) in [6.07, 6.45) is -0.297. The fraction of sp³-hybridized carbons (Fsp3) is 0.471. The topological polar surface area (TPSA) is 57.5 Å². The zero-order chi connectivity index (χ0) is 17.4. The molecule has 1 aliphatic heterocycles. The first-order chi connectivity index (χ1) is 10.6. The van der Waals surface area contributed by atoms with Gasteiger partial charge in [-0.3, -0.25) is 0 Å². The third kappa shape index (κ3) is 3.26. The van der Waals surface area contributed by atoms with Gasteiger partial charge < -0.3 is 10.2 Å². The molecule has 4 nitrogen and oxygen atoms in total. The number of benzene rings is 1. The maximum absolute atomic E-state index is 12.0. The van der Waals surface area contributed by atoms with Gasteiger partial charge in [-0.2, -0.15) is 4.79 Å². The maximum atomic E-state index is 12.0. The summed E-state index contributed by atoms with van der Waals surface area (Å²) in [4.78, 5) is 12.0. The lowest BCUT2D eigenvalue weighted by molar-refractivity contribution is -0.900. The second kappa shape index (κ2) is 6.44. The van der Waals surface area contributed by atoms with Gasteiger partial charge in [-0.25, -0.2) is 4.48 Å². The summed E-state index contributed by atoms with van der Waals surface area (Å²) in [7, 11) is 0. The van der Waals surface area contributed by atoms with Gasteiger partial charge in [0.25, 0.3) is 0 Å². The van der Waals surface area contributed by atoms with Crippen LogP contribution in [0, 0.1) is 0 Å². The van der Waals surface area contributed by atoms with Gasteiger partial charge in [-0.15, -0.1) is 0 Å². The van der Waals surface area contributed by atoms with Crippen molar-refractivity contribution in [3.05, 3.63) is 39.4 Å². The van der Waals surface area contributed by atoms with Gasteiger partial charge in [0, 0.05) is 12.0 Å². The number of aliphatic hydroxyl groups excluding tert-OH is 1. The van der Waals surface area contributed by atoms with E-state index in [2.05, 4.69) is 0 Å². The Balaban J connectivity index is 2.50. The van der Waals surface area contributed by atoms with Gasteiger partial charge in [0.05, 0.1) is 23.2 Å². The number of carboxylic acid groups (broad SMARTS) is 1. The normalized spacial score (nSPS) is 22.3. The number of hydrogen-bond donors (Lipinski definition) is 2. The van der Waals surface area contributed by atoms with Crippen LogP contribution in [-0.4, -0.2) is 46.0 Å². The van der Waals surface area contributed by atoms with Crippen molar-refractivity contribution in [1.82, 2.24) is 0 Å². The highest BCUT2D eigenvalue weighted by molar-refractivity contribution is 6.42. The van der Waals surface area contributed by atoms with Crippen LogP contribution in [0.1, 0.15) is 32.8 Å². The number of aliphatic hydroxyl groups is 1. The summed E-state index contributed by atoms with van der Waals surface area (Å²) in [5, 5.41) is 20.5. The summed E-state index contributed by atoms with van der Waals surface area (Å²) < 4.78 is -0.0896. The smallest absolute Gasteiger partial charge is 0.435 e. The Morgan fingerprint density at radius 1 is 1.26 bits per heavy atom. The second-order valence-corrected chi connectivity index (χ2v) is 7.74. The summed E-state index contributed by atoms with van der Waals surface area (Å²) in [6.45, 7) is 6.34. The van der Waals surface area contributed by atoms with Gasteiger partial charge >= 0.3 is 6.09 Å². The van der Waals surface area contributed by atoms with Crippen molar-refractivity contribution in [3.8, 4) is 0 Å². The predicted octanol–water partition coefficient (Wildman–Crippen LogP) is 4.44. The molecule has 1 aromatic carbocycles. The number of hydrogen-bond acceptors (Lipinski definition) is 2. The zero-order valence-corrected chi connectivity index (χ0v) is 15.1. The average Bonchev–Trinajstić information content (AvgIpc) is 2.48. The summed E-state index contributed by atoms with van der Waals surface area (Å²) in [5.41, 5.74) is 2.13. The van der Waals surface area contributed by atoms with Crippen molar-refractivity contribution in [2.24, 2.45) is 0 Å². The SMILES string of the molecule is CC(C)(C)[N+]1(C(=O)O)CCC(c2ccc(Cl)c(Cl)c2)=C(CO)C1. The van der Waals surface area contributed by atoms with Crippen LogP contribution in [-0.2, 0) is 0 Å². The molecule has 1 amide bonds. The van der Waals surface area contributed by atoms with E-state index in [9.17, 15) is 15.0 Å². The molecule has 0 saturated heterocycles. The van der Waals surface area contributed by atoms with Crippen LogP contribution < -0.4 is 0 Å². The van der Waals surface area contributed by atoms with Crippen LogP contribution in [0.3, 0.4) is 0 Å². The van der Waals surface area contributed by atoms with Gasteiger partial charge in [-0.05, 0) is 44.0 Å². The molecule has 23 heavy (non-hydrogen) atoms. The molecule has 0 saturated carbocycles. The first kappa shape index (κ1) is 18.3. The van der Waals surface area contributed by atoms with Crippen LogP contribution in [0.25, 0.3) is 5.57 Å². The van der Waals surface area contributed by atoms with Crippen molar-refractivity contribution in [1.29, 1.82) is 0 Å². The monoisotopic (exact) mass is 358 g/mol. The third-order valence-electron chi connectivity index (χ3n) is 4.74. The largest absolute Gasteiger partial charge is 0.514 e. The minimum atomic E-state index is -0.864. The predicted molar refractivity (Wildman–Crippen MR) is 92.9 cm³/mol. The van der Waals surface area contributed by atoms with E-state index in [-0.39, 0.29) is 17.6 Å². The first-order valence-electron chi connectivity index (χ1n) is 7.50. The van der Waals surface area contributed by atoms with Crippen molar-refractivity contribution in [3.63, 3.8) is 0 Å². The van der Waals surface area contributed by atoms with Crippen LogP contribution in [0.4, 0.5) is 4.79 Å². The molecule has 0 spiro atoms. The lowest BCUT2D eigenvalue weighted by atomic mass is 9.88. The Hall–Kier alpha value is -1.07. The number of amides is 1. The average molecular weight is 359 g/mol. The molecule has 126 valence electrons. The quantitative estimate of drug-likeness (QED) is 0.768. The Kier molecular flexibility index (Phi) is 5.12. The first-order valence-corrected chi connectivity index (χ1v) is 8.26. The highest BCUT2D eigenvalue weighted by Crippen LogP contribution is 2.38. The van der Waals surface area contributed by atoms with Crippen LogP contribution in [0.5, 0.6) is 0 Å². The highest BCUT2D eigenvalue weighted by Gasteiger charge is 2.50. The molecule has 0 aromatic heterocycles. The minimum absolute atomic E-state index is 0.0896.